The van der Waals surface area contributed by atoms with Gasteiger partial charge in [0.05, 0.1) is 12.3 Å². The van der Waals surface area contributed by atoms with Crippen LogP contribution in [0.1, 0.15) is 53.7 Å². The van der Waals surface area contributed by atoms with Gasteiger partial charge in [0.25, 0.3) is 5.56 Å². The van der Waals surface area contributed by atoms with Gasteiger partial charge in [-0.1, -0.05) is 13.8 Å². The highest BCUT2D eigenvalue weighted by Gasteiger charge is 2.37. The molecule has 1 aromatic heterocycles. The highest BCUT2D eigenvalue weighted by molar-refractivity contribution is 5.81. The van der Waals surface area contributed by atoms with Crippen LogP contribution in [0.2, 0.25) is 0 Å². The number of esters is 1. The monoisotopic (exact) mass is 459 g/mol. The second-order valence-electron chi connectivity index (χ2n) is 9.03. The number of alkyl carbamates (subject to hydrolysis) is 1. The van der Waals surface area contributed by atoms with Crippen molar-refractivity contribution < 1.29 is 33.3 Å². The van der Waals surface area contributed by atoms with Crippen molar-refractivity contribution in [2.45, 2.75) is 77.5 Å². The van der Waals surface area contributed by atoms with Crippen molar-refractivity contribution >= 4 is 12.1 Å². The van der Waals surface area contributed by atoms with Gasteiger partial charge in [0.2, 0.25) is 5.82 Å². The van der Waals surface area contributed by atoms with Gasteiger partial charge in [-0.2, -0.15) is 4.39 Å². The lowest BCUT2D eigenvalue weighted by Crippen LogP contribution is -2.45. The zero-order chi connectivity index (χ0) is 24.2. The molecule has 3 N–H and O–H groups in total. The second kappa shape index (κ2) is 10.3. The molecule has 2 heterocycles. The summed E-state index contributed by atoms with van der Waals surface area (Å²) in [6, 6.07) is -0.977. The van der Waals surface area contributed by atoms with E-state index in [4.69, 9.17) is 14.2 Å². The van der Waals surface area contributed by atoms with E-state index >= 15 is 0 Å². The number of aliphatic hydroxyl groups excluding tert-OH is 1. The number of H-pyrrole nitrogens is 1. The first-order chi connectivity index (χ1) is 14.8. The smallest absolute Gasteiger partial charge is 0.408 e. The molecule has 11 nitrogen and oxygen atoms in total. The molecule has 32 heavy (non-hydrogen) atoms. The average Bonchev–Trinajstić information content (AvgIpc) is 3.00. The number of carbonyl (C=O) groups excluding carboxylic acids is 2. The van der Waals surface area contributed by atoms with E-state index in [1.54, 1.807) is 20.8 Å². The first kappa shape index (κ1) is 25.5. The van der Waals surface area contributed by atoms with E-state index in [2.05, 4.69) is 5.32 Å². The SMILES string of the molecule is CC(C)C[C@H](NC(=O)OC(C)(C)C)C(=O)OC[C@H]1O[C@@H](n2cc(F)c(=O)[nH]c2=O)C[C@@H]1O. The fraction of sp³-hybridized carbons (Fsp3) is 0.700. The first-order valence-electron chi connectivity index (χ1n) is 10.3. The molecule has 0 aliphatic carbocycles. The van der Waals surface area contributed by atoms with Crippen LogP contribution in [0.4, 0.5) is 9.18 Å². The lowest BCUT2D eigenvalue weighted by molar-refractivity contribution is -0.153. The van der Waals surface area contributed by atoms with Gasteiger partial charge in [-0.05, 0) is 33.1 Å². The largest absolute Gasteiger partial charge is 0.461 e. The molecule has 180 valence electrons. The fourth-order valence-electron chi connectivity index (χ4n) is 3.11. The fourth-order valence-corrected chi connectivity index (χ4v) is 3.11. The van der Waals surface area contributed by atoms with E-state index in [1.165, 1.54) is 0 Å². The average molecular weight is 459 g/mol. The van der Waals surface area contributed by atoms with Crippen LogP contribution in [0.3, 0.4) is 0 Å². The van der Waals surface area contributed by atoms with Gasteiger partial charge in [0, 0.05) is 6.42 Å². The van der Waals surface area contributed by atoms with Crippen LogP contribution >= 0.6 is 0 Å². The number of aliphatic hydroxyl groups is 1. The molecule has 0 bridgehead atoms. The topological polar surface area (TPSA) is 149 Å². The molecule has 12 heteroatoms. The van der Waals surface area contributed by atoms with Gasteiger partial charge < -0.3 is 24.6 Å². The number of hydrogen-bond donors (Lipinski definition) is 3. The van der Waals surface area contributed by atoms with Crippen LogP contribution in [-0.4, -0.2) is 57.2 Å². The quantitative estimate of drug-likeness (QED) is 0.507. The van der Waals surface area contributed by atoms with Gasteiger partial charge in [0.1, 0.15) is 30.6 Å². The summed E-state index contributed by atoms with van der Waals surface area (Å²) in [6.45, 7) is 8.45. The van der Waals surface area contributed by atoms with E-state index in [9.17, 15) is 28.7 Å². The Balaban J connectivity index is 2.00. The van der Waals surface area contributed by atoms with Crippen LogP contribution in [0.25, 0.3) is 0 Å². The molecular weight excluding hydrogens is 429 g/mol. The van der Waals surface area contributed by atoms with Gasteiger partial charge in [-0.3, -0.25) is 14.3 Å². The molecule has 1 aliphatic rings. The minimum absolute atomic E-state index is 0.0576. The summed E-state index contributed by atoms with van der Waals surface area (Å²) in [5, 5.41) is 12.7. The van der Waals surface area contributed by atoms with E-state index in [0.717, 1.165) is 4.57 Å². The summed E-state index contributed by atoms with van der Waals surface area (Å²) < 4.78 is 30.3. The van der Waals surface area contributed by atoms with Crippen LogP contribution < -0.4 is 16.6 Å². The highest BCUT2D eigenvalue weighted by Crippen LogP contribution is 2.28. The van der Waals surface area contributed by atoms with Crippen molar-refractivity contribution in [3.05, 3.63) is 32.9 Å². The van der Waals surface area contributed by atoms with Crippen LogP contribution in [0.5, 0.6) is 0 Å². The summed E-state index contributed by atoms with van der Waals surface area (Å²) in [6.07, 6.45) is -3.03. The maximum Gasteiger partial charge on any atom is 0.408 e. The Hall–Kier alpha value is -2.73. The van der Waals surface area contributed by atoms with Crippen LogP contribution in [-0.2, 0) is 19.0 Å². The standard InChI is InChI=1S/C20H30FN3O8/c1-10(2)6-12(22-19(29)32-20(3,4)5)17(27)30-9-14-13(25)7-15(31-14)24-8-11(21)16(26)23-18(24)28/h8,10,12-15,25H,6-7,9H2,1-5H3,(H,22,29)(H,23,26,28)/t12-,13-,14+,15+/m0/s1. The lowest BCUT2D eigenvalue weighted by Gasteiger charge is -2.24. The second-order valence-corrected chi connectivity index (χ2v) is 9.03. The Morgan fingerprint density at radius 3 is 2.62 bits per heavy atom. The van der Waals surface area contributed by atoms with Crippen LogP contribution in [0, 0.1) is 11.7 Å². The summed E-state index contributed by atoms with van der Waals surface area (Å²) in [5.41, 5.74) is -2.80. The Morgan fingerprint density at radius 1 is 1.38 bits per heavy atom. The number of aromatic amines is 1. The lowest BCUT2D eigenvalue weighted by atomic mass is 10.0. The zero-order valence-corrected chi connectivity index (χ0v) is 18.7. The number of carbonyl (C=O) groups is 2. The summed E-state index contributed by atoms with van der Waals surface area (Å²) in [4.78, 5) is 49.5. The third kappa shape index (κ3) is 7.16. The molecule has 1 saturated heterocycles. The molecule has 1 fully saturated rings. The number of rotatable bonds is 7. The number of amides is 1. The minimum Gasteiger partial charge on any atom is -0.461 e. The number of hydrogen-bond acceptors (Lipinski definition) is 8. The predicted octanol–water partition coefficient (Wildman–Crippen LogP) is 0.807. The van der Waals surface area contributed by atoms with Gasteiger partial charge in [0.15, 0.2) is 0 Å². The highest BCUT2D eigenvalue weighted by atomic mass is 19.1. The van der Waals surface area contributed by atoms with Crippen molar-refractivity contribution in [3.63, 3.8) is 0 Å². The molecule has 2 rings (SSSR count). The third-order valence-electron chi connectivity index (χ3n) is 4.51. The minimum atomic E-state index is -1.18. The summed E-state index contributed by atoms with van der Waals surface area (Å²) >= 11 is 0. The maximum absolute atomic E-state index is 13.5. The molecule has 0 radical (unpaired) electrons. The number of nitrogens with zero attached hydrogens (tertiary/aromatic N) is 1. The van der Waals surface area contributed by atoms with Crippen molar-refractivity contribution in [3.8, 4) is 0 Å². The van der Waals surface area contributed by atoms with Gasteiger partial charge in [-0.15, -0.1) is 0 Å². The molecule has 0 aromatic carbocycles. The molecule has 0 spiro atoms. The van der Waals surface area contributed by atoms with Crippen molar-refractivity contribution in [1.82, 2.24) is 14.9 Å². The number of nitrogens with one attached hydrogen (secondary N) is 2. The predicted molar refractivity (Wildman–Crippen MR) is 109 cm³/mol. The normalized spacial score (nSPS) is 21.9. The number of halogens is 1. The Labute approximate surface area is 183 Å². The third-order valence-corrected chi connectivity index (χ3v) is 4.51. The molecule has 1 aromatic rings. The summed E-state index contributed by atoms with van der Waals surface area (Å²) in [7, 11) is 0. The molecule has 4 atom stereocenters. The zero-order valence-electron chi connectivity index (χ0n) is 18.7. The van der Waals surface area contributed by atoms with E-state index in [0.29, 0.717) is 12.6 Å². The Morgan fingerprint density at radius 2 is 2.03 bits per heavy atom. The molecule has 1 amide bonds. The molecule has 1 aliphatic heterocycles. The number of ether oxygens (including phenoxy) is 3. The Kier molecular flexibility index (Phi) is 8.18. The van der Waals surface area contributed by atoms with Crippen molar-refractivity contribution in [2.24, 2.45) is 5.92 Å². The molecule has 0 saturated carbocycles. The van der Waals surface area contributed by atoms with Crippen molar-refractivity contribution in [2.75, 3.05) is 6.61 Å². The van der Waals surface area contributed by atoms with E-state index < -0.39 is 59.2 Å². The van der Waals surface area contributed by atoms with Crippen LogP contribution in [0.15, 0.2) is 15.8 Å². The van der Waals surface area contributed by atoms with Crippen molar-refractivity contribution in [1.29, 1.82) is 0 Å². The Bertz CT molecular complexity index is 936. The summed E-state index contributed by atoms with van der Waals surface area (Å²) in [5.74, 6) is -1.86. The van der Waals surface area contributed by atoms with E-state index in [1.807, 2.05) is 18.8 Å². The maximum atomic E-state index is 13.5. The molecular formula is C20H30FN3O8. The van der Waals surface area contributed by atoms with E-state index in [-0.39, 0.29) is 18.9 Å². The van der Waals surface area contributed by atoms with Gasteiger partial charge >= 0.3 is 17.8 Å². The molecule has 0 unspecified atom stereocenters. The first-order valence-corrected chi connectivity index (χ1v) is 10.3. The van der Waals surface area contributed by atoms with Gasteiger partial charge in [-0.25, -0.2) is 14.4 Å². The number of aromatic nitrogens is 2.